The number of benzene rings is 3. The molecule has 0 N–H and O–H groups in total. The molecular weight excluding hydrogens is 369 g/mol. The van der Waals surface area contributed by atoms with Gasteiger partial charge in [-0.05, 0) is 42.3 Å². The number of hydrogen-bond donors (Lipinski definition) is 0. The van der Waals surface area contributed by atoms with E-state index in [4.69, 9.17) is 4.74 Å². The van der Waals surface area contributed by atoms with Crippen LogP contribution in [0, 0.1) is 11.7 Å². The van der Waals surface area contributed by atoms with E-state index < -0.39 is 17.6 Å². The summed E-state index contributed by atoms with van der Waals surface area (Å²) in [6.07, 6.45) is 0.624. The van der Waals surface area contributed by atoms with Crippen molar-refractivity contribution in [2.75, 3.05) is 11.5 Å². The zero-order valence-corrected chi connectivity index (χ0v) is 16.7. The Morgan fingerprint density at radius 3 is 2.21 bits per heavy atom. The Hall–Kier alpha value is -3.21. The third kappa shape index (κ3) is 2.97. The number of carbonyl (C=O) groups excluding carboxylic acids is 2. The Kier molecular flexibility index (Phi) is 4.82. The standard InChI is InChI=1S/C24H22FNO3/c1-4-29-22-16-10-6-5-9-15(16)17(13-14(2)3)20-21(22)24(28)26(23(20)27)19-12-8-7-11-18(19)25/h5-12,14H,4,13H2,1-3H3. The molecule has 4 nitrogen and oxygen atoms in total. The molecule has 0 bridgehead atoms. The van der Waals surface area contributed by atoms with Crippen LogP contribution in [0.5, 0.6) is 5.75 Å². The van der Waals surface area contributed by atoms with Gasteiger partial charge in [0.2, 0.25) is 0 Å². The highest BCUT2D eigenvalue weighted by Gasteiger charge is 2.43. The quantitative estimate of drug-likeness (QED) is 0.549. The number of rotatable bonds is 5. The number of nitrogens with zero attached hydrogens (tertiary/aromatic N) is 1. The van der Waals surface area contributed by atoms with Gasteiger partial charge in [-0.2, -0.15) is 0 Å². The molecule has 0 saturated carbocycles. The largest absolute Gasteiger partial charge is 0.492 e. The number of para-hydroxylation sites is 1. The number of halogens is 1. The van der Waals surface area contributed by atoms with E-state index in [0.29, 0.717) is 24.3 Å². The Morgan fingerprint density at radius 1 is 0.931 bits per heavy atom. The molecule has 1 heterocycles. The van der Waals surface area contributed by atoms with Crippen LogP contribution in [0.1, 0.15) is 47.1 Å². The highest BCUT2D eigenvalue weighted by Crippen LogP contribution is 2.43. The molecule has 0 saturated heterocycles. The van der Waals surface area contributed by atoms with Crippen molar-refractivity contribution in [1.29, 1.82) is 0 Å². The van der Waals surface area contributed by atoms with Crippen LogP contribution in [0.3, 0.4) is 0 Å². The minimum atomic E-state index is -0.616. The van der Waals surface area contributed by atoms with Crippen LogP contribution in [0.2, 0.25) is 0 Å². The summed E-state index contributed by atoms with van der Waals surface area (Å²) >= 11 is 0. The molecule has 0 spiro atoms. The first-order valence-corrected chi connectivity index (χ1v) is 9.79. The summed E-state index contributed by atoms with van der Waals surface area (Å²) in [7, 11) is 0. The average Bonchev–Trinajstić information content (AvgIpc) is 2.95. The first-order valence-electron chi connectivity index (χ1n) is 9.79. The van der Waals surface area contributed by atoms with Gasteiger partial charge in [0, 0.05) is 5.39 Å². The van der Waals surface area contributed by atoms with Crippen LogP contribution >= 0.6 is 0 Å². The van der Waals surface area contributed by atoms with Crippen LogP contribution in [0.4, 0.5) is 10.1 Å². The molecule has 0 fully saturated rings. The normalized spacial score (nSPS) is 13.5. The smallest absolute Gasteiger partial charge is 0.270 e. The molecule has 0 atom stereocenters. The second-order valence-corrected chi connectivity index (χ2v) is 7.53. The van der Waals surface area contributed by atoms with E-state index in [9.17, 15) is 14.0 Å². The monoisotopic (exact) mass is 391 g/mol. The number of imide groups is 1. The van der Waals surface area contributed by atoms with Crippen molar-refractivity contribution < 1.29 is 18.7 Å². The third-order valence-electron chi connectivity index (χ3n) is 5.10. The molecule has 148 valence electrons. The molecule has 3 aromatic carbocycles. The first kappa shape index (κ1) is 19.1. The van der Waals surface area contributed by atoms with Crippen LogP contribution < -0.4 is 9.64 Å². The SMILES string of the molecule is CCOc1c2c(c(CC(C)C)c3ccccc13)C(=O)N(c1ccccc1F)C2=O. The molecule has 29 heavy (non-hydrogen) atoms. The van der Waals surface area contributed by atoms with Gasteiger partial charge in [-0.3, -0.25) is 9.59 Å². The summed E-state index contributed by atoms with van der Waals surface area (Å²) < 4.78 is 20.3. The number of ether oxygens (including phenoxy) is 1. The molecule has 0 radical (unpaired) electrons. The molecule has 0 unspecified atom stereocenters. The number of fused-ring (bicyclic) bond motifs is 2. The maximum absolute atomic E-state index is 14.5. The van der Waals surface area contributed by atoms with Crippen molar-refractivity contribution in [3.8, 4) is 5.75 Å². The molecule has 5 heteroatoms. The Labute approximate surface area is 168 Å². The highest BCUT2D eigenvalue weighted by atomic mass is 19.1. The Morgan fingerprint density at radius 2 is 1.55 bits per heavy atom. The topological polar surface area (TPSA) is 46.6 Å². The number of amides is 2. The van der Waals surface area contributed by atoms with Gasteiger partial charge in [-0.15, -0.1) is 0 Å². The molecule has 1 aliphatic heterocycles. The van der Waals surface area contributed by atoms with Gasteiger partial charge < -0.3 is 4.74 Å². The summed E-state index contributed by atoms with van der Waals surface area (Å²) in [4.78, 5) is 27.8. The summed E-state index contributed by atoms with van der Waals surface area (Å²) in [5.41, 5.74) is 1.33. The Balaban J connectivity index is 2.06. The summed E-state index contributed by atoms with van der Waals surface area (Å²) in [5.74, 6) is -1.00. The molecule has 0 aliphatic carbocycles. The minimum absolute atomic E-state index is 0.0410. The fraction of sp³-hybridized carbons (Fsp3) is 0.250. The van der Waals surface area contributed by atoms with Gasteiger partial charge >= 0.3 is 0 Å². The zero-order chi connectivity index (χ0) is 20.7. The van der Waals surface area contributed by atoms with Gasteiger partial charge in [0.25, 0.3) is 11.8 Å². The van der Waals surface area contributed by atoms with Crippen molar-refractivity contribution in [3.63, 3.8) is 0 Å². The number of hydrogen-bond acceptors (Lipinski definition) is 3. The maximum Gasteiger partial charge on any atom is 0.270 e. The van der Waals surface area contributed by atoms with Crippen molar-refractivity contribution in [2.45, 2.75) is 27.2 Å². The molecule has 1 aliphatic rings. The van der Waals surface area contributed by atoms with Gasteiger partial charge in [0.15, 0.2) is 0 Å². The van der Waals surface area contributed by atoms with Crippen LogP contribution in [-0.2, 0) is 6.42 Å². The third-order valence-corrected chi connectivity index (χ3v) is 5.10. The van der Waals surface area contributed by atoms with Crippen LogP contribution in [0.25, 0.3) is 10.8 Å². The van der Waals surface area contributed by atoms with Gasteiger partial charge in [0.05, 0.1) is 23.4 Å². The number of carbonyl (C=O) groups is 2. The van der Waals surface area contributed by atoms with E-state index in [1.165, 1.54) is 18.2 Å². The lowest BCUT2D eigenvalue weighted by molar-refractivity contribution is 0.0924. The van der Waals surface area contributed by atoms with Crippen molar-refractivity contribution in [3.05, 3.63) is 71.0 Å². The van der Waals surface area contributed by atoms with Gasteiger partial charge in [-0.1, -0.05) is 50.2 Å². The summed E-state index contributed by atoms with van der Waals surface area (Å²) in [6, 6.07) is 13.5. The van der Waals surface area contributed by atoms with Crippen molar-refractivity contribution >= 4 is 28.3 Å². The first-order chi connectivity index (χ1) is 14.0. The zero-order valence-electron chi connectivity index (χ0n) is 16.7. The van der Waals surface area contributed by atoms with E-state index in [1.807, 2.05) is 31.2 Å². The molecule has 2 amide bonds. The molecule has 4 rings (SSSR count). The van der Waals surface area contributed by atoms with Crippen LogP contribution in [-0.4, -0.2) is 18.4 Å². The molecule has 0 aromatic heterocycles. The lowest BCUT2D eigenvalue weighted by Crippen LogP contribution is -2.30. The Bertz CT molecular complexity index is 1140. The van der Waals surface area contributed by atoms with E-state index in [0.717, 1.165) is 21.2 Å². The van der Waals surface area contributed by atoms with E-state index in [-0.39, 0.29) is 17.2 Å². The van der Waals surface area contributed by atoms with Crippen LogP contribution in [0.15, 0.2) is 48.5 Å². The second-order valence-electron chi connectivity index (χ2n) is 7.53. The fourth-order valence-electron chi connectivity index (χ4n) is 4.00. The maximum atomic E-state index is 14.5. The summed E-state index contributed by atoms with van der Waals surface area (Å²) in [6.45, 7) is 6.31. The average molecular weight is 391 g/mol. The van der Waals surface area contributed by atoms with Crippen molar-refractivity contribution in [1.82, 2.24) is 0 Å². The van der Waals surface area contributed by atoms with E-state index in [1.54, 1.807) is 6.07 Å². The van der Waals surface area contributed by atoms with Gasteiger partial charge in [-0.25, -0.2) is 9.29 Å². The van der Waals surface area contributed by atoms with Crippen molar-refractivity contribution in [2.24, 2.45) is 5.92 Å². The minimum Gasteiger partial charge on any atom is -0.492 e. The highest BCUT2D eigenvalue weighted by molar-refractivity contribution is 6.37. The lowest BCUT2D eigenvalue weighted by atomic mass is 9.89. The summed E-state index contributed by atoms with van der Waals surface area (Å²) in [5, 5.41) is 1.68. The predicted octanol–water partition coefficient (Wildman–Crippen LogP) is 5.38. The second kappa shape index (κ2) is 7.32. The lowest BCUT2D eigenvalue weighted by Gasteiger charge is -2.17. The van der Waals surface area contributed by atoms with E-state index >= 15 is 0 Å². The fourth-order valence-corrected chi connectivity index (χ4v) is 4.00. The predicted molar refractivity (Wildman–Crippen MR) is 111 cm³/mol. The van der Waals surface area contributed by atoms with E-state index in [2.05, 4.69) is 13.8 Å². The van der Waals surface area contributed by atoms with Gasteiger partial charge in [0.1, 0.15) is 11.6 Å². The molecule has 3 aromatic rings. The number of anilines is 1. The molecular formula is C24H22FNO3.